The fourth-order valence-corrected chi connectivity index (χ4v) is 2.54. The van der Waals surface area contributed by atoms with Crippen molar-refractivity contribution < 1.29 is 4.74 Å². The maximum absolute atomic E-state index is 5.60. The normalized spacial score (nSPS) is 13.0. The highest BCUT2D eigenvalue weighted by atomic mass is 127. The van der Waals surface area contributed by atoms with Crippen molar-refractivity contribution >= 4 is 29.9 Å². The van der Waals surface area contributed by atoms with Crippen LogP contribution in [0.15, 0.2) is 41.9 Å². The summed E-state index contributed by atoms with van der Waals surface area (Å²) in [6, 6.07) is 8.13. The van der Waals surface area contributed by atoms with Gasteiger partial charge in [-0.05, 0) is 30.0 Å². The first-order valence-corrected chi connectivity index (χ1v) is 8.93. The number of ether oxygens (including phenoxy) is 1. The van der Waals surface area contributed by atoms with Crippen molar-refractivity contribution in [1.29, 1.82) is 0 Å². The van der Waals surface area contributed by atoms with Gasteiger partial charge < -0.3 is 15.4 Å². The Bertz CT molecular complexity index is 679. The molecule has 2 N–H and O–H groups in total. The van der Waals surface area contributed by atoms with E-state index in [0.717, 1.165) is 23.8 Å². The Morgan fingerprint density at radius 2 is 1.93 bits per heavy atom. The summed E-state index contributed by atoms with van der Waals surface area (Å²) in [6.07, 6.45) is 3.31. The molecule has 1 aromatic heterocycles. The molecular formula is C19H31IN6O. The number of aliphatic imine (C=N–C) groups is 1. The van der Waals surface area contributed by atoms with Gasteiger partial charge in [-0.2, -0.15) is 5.10 Å². The second-order valence-corrected chi connectivity index (χ2v) is 7.17. The van der Waals surface area contributed by atoms with Gasteiger partial charge in [0.1, 0.15) is 12.7 Å². The number of methoxy groups -OCH3 is 1. The van der Waals surface area contributed by atoms with E-state index in [4.69, 9.17) is 4.74 Å². The number of hydrogen-bond donors (Lipinski definition) is 2. The van der Waals surface area contributed by atoms with Crippen molar-refractivity contribution in [2.75, 3.05) is 20.2 Å². The Balaban J connectivity index is 0.00000364. The van der Waals surface area contributed by atoms with Gasteiger partial charge in [-0.25, -0.2) is 14.7 Å². The maximum Gasteiger partial charge on any atom is 0.191 e. The smallest absolute Gasteiger partial charge is 0.191 e. The van der Waals surface area contributed by atoms with E-state index in [0.29, 0.717) is 13.1 Å². The zero-order valence-electron chi connectivity index (χ0n) is 16.8. The predicted molar refractivity (Wildman–Crippen MR) is 120 cm³/mol. The number of benzene rings is 1. The molecular weight excluding hydrogens is 455 g/mol. The van der Waals surface area contributed by atoms with Gasteiger partial charge in [0.15, 0.2) is 5.96 Å². The van der Waals surface area contributed by atoms with Gasteiger partial charge in [0.2, 0.25) is 0 Å². The standard InChI is InChI=1S/C19H30N6O.HI/c1-6-21-18(23-12-17(26-5)19(2,3)4)22-11-15-7-9-16(10-8-15)25-14-20-13-24-25;/h7-10,13-14,17H,6,11-12H2,1-5H3,(H2,21,22,23);1H. The summed E-state index contributed by atoms with van der Waals surface area (Å²) in [5.41, 5.74) is 2.18. The second-order valence-electron chi connectivity index (χ2n) is 7.17. The number of aromatic nitrogens is 3. The van der Waals surface area contributed by atoms with E-state index >= 15 is 0 Å². The zero-order valence-corrected chi connectivity index (χ0v) is 19.1. The molecule has 1 heterocycles. The minimum atomic E-state index is 0. The van der Waals surface area contributed by atoms with Crippen LogP contribution in [0.5, 0.6) is 0 Å². The third kappa shape index (κ3) is 7.45. The lowest BCUT2D eigenvalue weighted by molar-refractivity contribution is 0.0205. The molecule has 0 aliphatic heterocycles. The Morgan fingerprint density at radius 3 is 2.44 bits per heavy atom. The van der Waals surface area contributed by atoms with Gasteiger partial charge in [0.05, 0.1) is 18.3 Å². The number of nitrogens with one attached hydrogen (secondary N) is 2. The molecule has 0 radical (unpaired) electrons. The molecule has 1 aromatic carbocycles. The summed E-state index contributed by atoms with van der Waals surface area (Å²) < 4.78 is 7.33. The van der Waals surface area contributed by atoms with Gasteiger partial charge in [0.25, 0.3) is 0 Å². The molecule has 0 amide bonds. The van der Waals surface area contributed by atoms with E-state index in [1.165, 1.54) is 6.33 Å². The molecule has 1 atom stereocenters. The van der Waals surface area contributed by atoms with E-state index < -0.39 is 0 Å². The molecule has 2 aromatic rings. The summed E-state index contributed by atoms with van der Waals surface area (Å²) >= 11 is 0. The molecule has 7 nitrogen and oxygen atoms in total. The van der Waals surface area contributed by atoms with Crippen LogP contribution in [0.4, 0.5) is 0 Å². The molecule has 0 spiro atoms. The van der Waals surface area contributed by atoms with Crippen molar-refractivity contribution in [3.63, 3.8) is 0 Å². The van der Waals surface area contributed by atoms with Crippen LogP contribution in [0.1, 0.15) is 33.3 Å². The van der Waals surface area contributed by atoms with Crippen molar-refractivity contribution in [2.24, 2.45) is 10.4 Å². The minimum Gasteiger partial charge on any atom is -0.379 e. The van der Waals surface area contributed by atoms with Crippen molar-refractivity contribution in [3.05, 3.63) is 42.5 Å². The van der Waals surface area contributed by atoms with E-state index in [-0.39, 0.29) is 35.5 Å². The van der Waals surface area contributed by atoms with Gasteiger partial charge in [-0.1, -0.05) is 32.9 Å². The molecule has 0 saturated carbocycles. The van der Waals surface area contributed by atoms with Crippen LogP contribution in [0.2, 0.25) is 0 Å². The third-order valence-electron chi connectivity index (χ3n) is 4.09. The maximum atomic E-state index is 5.60. The molecule has 2 rings (SSSR count). The van der Waals surface area contributed by atoms with E-state index in [9.17, 15) is 0 Å². The highest BCUT2D eigenvalue weighted by molar-refractivity contribution is 14.0. The number of rotatable bonds is 7. The Kier molecular flexibility index (Phi) is 9.71. The van der Waals surface area contributed by atoms with Crippen LogP contribution in [0.3, 0.4) is 0 Å². The fourth-order valence-electron chi connectivity index (χ4n) is 2.54. The SMILES string of the molecule is CCNC(=NCc1ccc(-n2cncn2)cc1)NCC(OC)C(C)(C)C.I. The molecule has 0 aliphatic rings. The van der Waals surface area contributed by atoms with Crippen molar-refractivity contribution in [1.82, 2.24) is 25.4 Å². The highest BCUT2D eigenvalue weighted by Gasteiger charge is 2.24. The quantitative estimate of drug-likeness (QED) is 0.358. The monoisotopic (exact) mass is 486 g/mol. The molecule has 0 bridgehead atoms. The first kappa shape index (κ1) is 23.4. The topological polar surface area (TPSA) is 76.4 Å². The van der Waals surface area contributed by atoms with Gasteiger partial charge in [-0.15, -0.1) is 24.0 Å². The van der Waals surface area contributed by atoms with Crippen molar-refractivity contribution in [3.8, 4) is 5.69 Å². The summed E-state index contributed by atoms with van der Waals surface area (Å²) in [5.74, 6) is 0.791. The Labute approximate surface area is 179 Å². The third-order valence-corrected chi connectivity index (χ3v) is 4.09. The van der Waals surface area contributed by atoms with Crippen LogP contribution >= 0.6 is 24.0 Å². The predicted octanol–water partition coefficient (Wildman–Crippen LogP) is 3.00. The minimum absolute atomic E-state index is 0. The Morgan fingerprint density at radius 1 is 1.22 bits per heavy atom. The van der Waals surface area contributed by atoms with Crippen LogP contribution < -0.4 is 10.6 Å². The van der Waals surface area contributed by atoms with Crippen LogP contribution in [0.25, 0.3) is 5.69 Å². The summed E-state index contributed by atoms with van der Waals surface area (Å²) in [5, 5.41) is 10.8. The molecule has 150 valence electrons. The molecule has 0 fully saturated rings. The molecule has 27 heavy (non-hydrogen) atoms. The van der Waals surface area contributed by atoms with Crippen LogP contribution in [-0.4, -0.2) is 47.0 Å². The van der Waals surface area contributed by atoms with Crippen LogP contribution in [0, 0.1) is 5.41 Å². The fraction of sp³-hybridized carbons (Fsp3) is 0.526. The largest absolute Gasteiger partial charge is 0.379 e. The Hall–Kier alpha value is -1.68. The van der Waals surface area contributed by atoms with Crippen molar-refractivity contribution in [2.45, 2.75) is 40.3 Å². The van der Waals surface area contributed by atoms with Gasteiger partial charge in [-0.3, -0.25) is 0 Å². The number of hydrogen-bond acceptors (Lipinski definition) is 4. The van der Waals surface area contributed by atoms with E-state index in [1.54, 1.807) is 18.1 Å². The lowest BCUT2D eigenvalue weighted by atomic mass is 9.89. The summed E-state index contributed by atoms with van der Waals surface area (Å²) in [7, 11) is 1.75. The summed E-state index contributed by atoms with van der Waals surface area (Å²) in [6.45, 7) is 10.7. The summed E-state index contributed by atoms with van der Waals surface area (Å²) in [4.78, 5) is 8.63. The van der Waals surface area contributed by atoms with Gasteiger partial charge in [0, 0.05) is 20.2 Å². The molecule has 1 unspecified atom stereocenters. The van der Waals surface area contributed by atoms with E-state index in [1.807, 2.05) is 12.1 Å². The number of guanidine groups is 1. The first-order chi connectivity index (χ1) is 12.4. The molecule has 0 saturated heterocycles. The lowest BCUT2D eigenvalue weighted by Crippen LogP contribution is -2.45. The first-order valence-electron chi connectivity index (χ1n) is 8.93. The van der Waals surface area contributed by atoms with Crippen LogP contribution in [-0.2, 0) is 11.3 Å². The average Bonchev–Trinajstić information content (AvgIpc) is 3.14. The van der Waals surface area contributed by atoms with E-state index in [2.05, 4.69) is 65.5 Å². The number of nitrogens with zero attached hydrogens (tertiary/aromatic N) is 4. The highest BCUT2D eigenvalue weighted by Crippen LogP contribution is 2.20. The molecule has 8 heteroatoms. The lowest BCUT2D eigenvalue weighted by Gasteiger charge is -2.30. The number of halogens is 1. The zero-order chi connectivity index (χ0) is 19.0. The molecule has 0 aliphatic carbocycles. The average molecular weight is 486 g/mol. The second kappa shape index (κ2) is 11.2. The van der Waals surface area contributed by atoms with Gasteiger partial charge >= 0.3 is 0 Å².